The second-order valence-electron chi connectivity index (χ2n) is 13.4. The standard InChI is InChI=1S/C51H34N4/c1-5-16-35(17-6-1)37-28-30-38(31-29-37)44-25-15-27-47-48(44)45-24-13-14-26-46(45)55(47)43-33-41(36-18-7-2-8-19-36)32-42(34-43)51-53-49(39-20-9-3-10-21-39)52-50(54-51)40-22-11-4-12-23-40/h1-34H/i13D,14D,24D,26D. The summed E-state index contributed by atoms with van der Waals surface area (Å²) in [5.41, 5.74) is 10.1. The van der Waals surface area contributed by atoms with Gasteiger partial charge in [0.1, 0.15) is 0 Å². The van der Waals surface area contributed by atoms with Crippen molar-refractivity contribution in [2.75, 3.05) is 0 Å². The van der Waals surface area contributed by atoms with Crippen molar-refractivity contribution in [1.29, 1.82) is 0 Å². The summed E-state index contributed by atoms with van der Waals surface area (Å²) in [7, 11) is 0. The van der Waals surface area contributed by atoms with E-state index in [4.69, 9.17) is 17.7 Å². The molecule has 258 valence electrons. The molecule has 0 aliphatic heterocycles. The van der Waals surface area contributed by atoms with Gasteiger partial charge >= 0.3 is 0 Å². The van der Waals surface area contributed by atoms with Crippen LogP contribution in [0.5, 0.6) is 0 Å². The van der Waals surface area contributed by atoms with Gasteiger partial charge < -0.3 is 4.57 Å². The predicted octanol–water partition coefficient (Wildman–Crippen LogP) is 13.0. The molecule has 0 amide bonds. The maximum atomic E-state index is 9.38. The van der Waals surface area contributed by atoms with Crippen molar-refractivity contribution in [3.63, 3.8) is 0 Å². The number of fused-ring (bicyclic) bond motifs is 3. The first-order chi connectivity index (χ1) is 28.9. The lowest BCUT2D eigenvalue weighted by atomic mass is 9.97. The van der Waals surface area contributed by atoms with Gasteiger partial charge in [0.2, 0.25) is 0 Å². The van der Waals surface area contributed by atoms with Gasteiger partial charge in [-0.05, 0) is 63.7 Å². The minimum atomic E-state index is -0.294. The van der Waals surface area contributed by atoms with E-state index in [-0.39, 0.29) is 24.2 Å². The van der Waals surface area contributed by atoms with Crippen LogP contribution >= 0.6 is 0 Å². The predicted molar refractivity (Wildman–Crippen MR) is 227 cm³/mol. The van der Waals surface area contributed by atoms with E-state index < -0.39 is 0 Å². The van der Waals surface area contributed by atoms with Crippen molar-refractivity contribution >= 4 is 21.8 Å². The molecule has 2 aromatic heterocycles. The minimum absolute atomic E-state index is 0.0879. The molecule has 0 saturated carbocycles. The Morgan fingerprint density at radius 1 is 0.364 bits per heavy atom. The first-order valence-electron chi connectivity index (χ1n) is 20.2. The van der Waals surface area contributed by atoms with Crippen LogP contribution in [0.4, 0.5) is 0 Å². The zero-order valence-corrected chi connectivity index (χ0v) is 29.6. The molecule has 10 aromatic rings. The summed E-state index contributed by atoms with van der Waals surface area (Å²) in [6.07, 6.45) is 0. The molecule has 0 fully saturated rings. The second kappa shape index (κ2) is 13.8. The second-order valence-corrected chi connectivity index (χ2v) is 13.4. The van der Waals surface area contributed by atoms with Gasteiger partial charge in [0.05, 0.1) is 16.5 Å². The van der Waals surface area contributed by atoms with Gasteiger partial charge in [-0.25, -0.2) is 15.0 Å². The number of rotatable bonds is 7. The molecule has 0 saturated heterocycles. The van der Waals surface area contributed by atoms with Crippen LogP contribution in [0.25, 0.3) is 95.0 Å². The third-order valence-corrected chi connectivity index (χ3v) is 9.97. The fourth-order valence-corrected chi connectivity index (χ4v) is 7.35. The van der Waals surface area contributed by atoms with Gasteiger partial charge in [-0.15, -0.1) is 0 Å². The highest BCUT2D eigenvalue weighted by Gasteiger charge is 2.19. The Morgan fingerprint density at radius 2 is 0.836 bits per heavy atom. The zero-order valence-electron chi connectivity index (χ0n) is 33.6. The van der Waals surface area contributed by atoms with Crippen LogP contribution in [-0.2, 0) is 0 Å². The Kier molecular flexibility index (Phi) is 7.08. The Balaban J connectivity index is 1.26. The van der Waals surface area contributed by atoms with Crippen LogP contribution in [0, 0.1) is 0 Å². The minimum Gasteiger partial charge on any atom is -0.309 e. The van der Waals surface area contributed by atoms with E-state index in [9.17, 15) is 2.74 Å². The Hall–Kier alpha value is -7.43. The van der Waals surface area contributed by atoms with Crippen LogP contribution in [-0.4, -0.2) is 19.5 Å². The molecular weight excluding hydrogens is 669 g/mol. The molecule has 0 bridgehead atoms. The Labute approximate surface area is 325 Å². The van der Waals surface area contributed by atoms with Crippen molar-refractivity contribution in [3.8, 4) is 73.2 Å². The summed E-state index contributed by atoms with van der Waals surface area (Å²) in [5.74, 6) is 1.55. The highest BCUT2D eigenvalue weighted by atomic mass is 15.0. The lowest BCUT2D eigenvalue weighted by molar-refractivity contribution is 1.07. The van der Waals surface area contributed by atoms with Gasteiger partial charge in [-0.2, -0.15) is 0 Å². The van der Waals surface area contributed by atoms with Crippen molar-refractivity contribution < 1.29 is 5.48 Å². The van der Waals surface area contributed by atoms with Crippen molar-refractivity contribution in [2.24, 2.45) is 0 Å². The van der Waals surface area contributed by atoms with E-state index in [0.29, 0.717) is 34.1 Å². The fraction of sp³-hybridized carbons (Fsp3) is 0. The summed E-state index contributed by atoms with van der Waals surface area (Å²) < 4.78 is 38.3. The molecule has 10 rings (SSSR count). The number of para-hydroxylation sites is 1. The van der Waals surface area contributed by atoms with E-state index in [1.54, 1.807) is 0 Å². The highest BCUT2D eigenvalue weighted by molar-refractivity contribution is 6.15. The normalized spacial score (nSPS) is 12.3. The maximum absolute atomic E-state index is 9.38. The van der Waals surface area contributed by atoms with Gasteiger partial charge in [0.25, 0.3) is 0 Å². The topological polar surface area (TPSA) is 43.6 Å². The maximum Gasteiger partial charge on any atom is 0.164 e. The summed E-state index contributed by atoms with van der Waals surface area (Å²) >= 11 is 0. The zero-order chi connectivity index (χ0) is 40.0. The molecule has 0 spiro atoms. The van der Waals surface area contributed by atoms with Crippen molar-refractivity contribution in [3.05, 3.63) is 206 Å². The van der Waals surface area contributed by atoms with Crippen molar-refractivity contribution in [2.45, 2.75) is 0 Å². The van der Waals surface area contributed by atoms with Crippen LogP contribution in [0.3, 0.4) is 0 Å². The largest absolute Gasteiger partial charge is 0.309 e. The quantitative estimate of drug-likeness (QED) is 0.166. The summed E-state index contributed by atoms with van der Waals surface area (Å²) in [6, 6.07) is 59.7. The third-order valence-electron chi connectivity index (χ3n) is 9.97. The molecule has 8 aromatic carbocycles. The number of nitrogens with zero attached hydrogens (tertiary/aromatic N) is 4. The number of hydrogen-bond donors (Lipinski definition) is 0. The van der Waals surface area contributed by atoms with E-state index in [0.717, 1.165) is 61.0 Å². The van der Waals surface area contributed by atoms with Gasteiger partial charge in [0.15, 0.2) is 17.5 Å². The first kappa shape index (κ1) is 28.1. The molecule has 4 nitrogen and oxygen atoms in total. The Morgan fingerprint density at radius 3 is 1.44 bits per heavy atom. The van der Waals surface area contributed by atoms with Gasteiger partial charge in [-0.3, -0.25) is 0 Å². The molecule has 0 aliphatic carbocycles. The SMILES string of the molecule is [2H]c1c([2H])c([2H])c2c(c1[2H])c1c(-c3ccc(-c4ccccc4)cc3)cccc1n2-c1cc(-c2ccccc2)cc(-c2nc(-c3ccccc3)nc(-c3ccccc3)n2)c1. The lowest BCUT2D eigenvalue weighted by Gasteiger charge is -2.14. The fourth-order valence-electron chi connectivity index (χ4n) is 7.35. The van der Waals surface area contributed by atoms with Gasteiger partial charge in [-0.1, -0.05) is 176 Å². The van der Waals surface area contributed by atoms with Crippen LogP contribution in [0.15, 0.2) is 206 Å². The number of aromatic nitrogens is 4. The Bertz CT molecular complexity index is 3110. The lowest BCUT2D eigenvalue weighted by Crippen LogP contribution is -2.01. The molecule has 2 heterocycles. The molecule has 0 radical (unpaired) electrons. The summed E-state index contributed by atoms with van der Waals surface area (Å²) in [6.45, 7) is 0. The van der Waals surface area contributed by atoms with E-state index in [1.807, 2.05) is 126 Å². The van der Waals surface area contributed by atoms with Crippen molar-refractivity contribution in [1.82, 2.24) is 19.5 Å². The van der Waals surface area contributed by atoms with Crippen LogP contribution in [0.1, 0.15) is 5.48 Å². The first-order valence-corrected chi connectivity index (χ1v) is 18.2. The molecule has 0 unspecified atom stereocenters. The molecule has 0 aliphatic rings. The average Bonchev–Trinajstić information content (AvgIpc) is 3.67. The van der Waals surface area contributed by atoms with Crippen LogP contribution < -0.4 is 0 Å². The summed E-state index contributed by atoms with van der Waals surface area (Å²) in [5, 5.41) is 1.20. The molecule has 55 heavy (non-hydrogen) atoms. The van der Waals surface area contributed by atoms with E-state index >= 15 is 0 Å². The van der Waals surface area contributed by atoms with Crippen LogP contribution in [0.2, 0.25) is 0 Å². The average molecular weight is 707 g/mol. The highest BCUT2D eigenvalue weighted by Crippen LogP contribution is 2.40. The van der Waals surface area contributed by atoms with Gasteiger partial charge in [0, 0.05) is 33.2 Å². The molecule has 0 N–H and O–H groups in total. The number of hydrogen-bond acceptors (Lipinski definition) is 3. The molecule has 4 heteroatoms. The summed E-state index contributed by atoms with van der Waals surface area (Å²) in [4.78, 5) is 15.1. The third kappa shape index (κ3) is 6.06. The van der Waals surface area contributed by atoms with E-state index in [1.165, 1.54) is 0 Å². The monoisotopic (exact) mass is 706 g/mol. The smallest absolute Gasteiger partial charge is 0.164 e. The number of benzene rings is 8. The molecule has 0 atom stereocenters. The molecular formula is C51H34N4. The van der Waals surface area contributed by atoms with E-state index in [2.05, 4.69) is 60.7 Å².